The molecule has 0 bridgehead atoms. The van der Waals surface area contributed by atoms with Crippen molar-refractivity contribution >= 4 is 23.9 Å². The Morgan fingerprint density at radius 3 is 2.12 bits per heavy atom. The summed E-state index contributed by atoms with van der Waals surface area (Å²) in [5.41, 5.74) is 4.43. The summed E-state index contributed by atoms with van der Waals surface area (Å²) in [6.45, 7) is 1.76. The van der Waals surface area contributed by atoms with E-state index in [1.807, 2.05) is 48.5 Å². The van der Waals surface area contributed by atoms with Crippen LogP contribution in [0.25, 0.3) is 11.1 Å². The number of esters is 1. The summed E-state index contributed by atoms with van der Waals surface area (Å²) in [5, 5.41) is 14.2. The number of methoxy groups -OCH3 is 1. The molecule has 1 aliphatic rings. The van der Waals surface area contributed by atoms with Gasteiger partial charge in [0.1, 0.15) is 12.6 Å². The van der Waals surface area contributed by atoms with Gasteiger partial charge in [0, 0.05) is 24.8 Å². The molecule has 0 aromatic heterocycles. The molecule has 0 spiro atoms. The zero-order valence-electron chi connectivity index (χ0n) is 19.1. The van der Waals surface area contributed by atoms with Crippen molar-refractivity contribution in [3.8, 4) is 11.1 Å². The van der Waals surface area contributed by atoms with Crippen LogP contribution in [-0.2, 0) is 23.9 Å². The molecule has 3 rings (SSSR count). The van der Waals surface area contributed by atoms with Crippen LogP contribution in [0, 0.1) is 0 Å². The minimum absolute atomic E-state index is 0.0807. The van der Waals surface area contributed by atoms with Crippen LogP contribution in [0.4, 0.5) is 4.79 Å². The molecular formula is C25H28N2O7. The zero-order valence-corrected chi connectivity index (χ0v) is 19.1. The zero-order chi connectivity index (χ0) is 24.7. The number of fused-ring (bicyclic) bond motifs is 3. The molecule has 0 aliphatic heterocycles. The molecule has 34 heavy (non-hydrogen) atoms. The van der Waals surface area contributed by atoms with Crippen LogP contribution in [0.5, 0.6) is 0 Å². The molecule has 2 unspecified atom stereocenters. The Kier molecular flexibility index (Phi) is 8.24. The smallest absolute Gasteiger partial charge is 0.407 e. The van der Waals surface area contributed by atoms with Gasteiger partial charge in [-0.05, 0) is 35.6 Å². The number of amides is 2. The van der Waals surface area contributed by atoms with Crippen molar-refractivity contribution in [2.75, 3.05) is 13.7 Å². The molecule has 0 radical (unpaired) electrons. The second kappa shape index (κ2) is 11.3. The van der Waals surface area contributed by atoms with E-state index in [4.69, 9.17) is 4.74 Å². The standard InChI is InChI=1S/C25H28N2O7/c1-15(13-22(28)27-21(24(30)31)11-12-23(29)33-2)26-25(32)34-14-20-18-9-5-3-7-16(18)17-8-4-6-10-19(17)20/h3-10,15,20-21H,11-14H2,1-2H3,(H,26,32)(H,27,28)(H,30,31). The normalized spacial score (nSPS) is 13.7. The fourth-order valence-corrected chi connectivity index (χ4v) is 4.05. The molecule has 2 atom stereocenters. The third-order valence-electron chi connectivity index (χ3n) is 5.70. The lowest BCUT2D eigenvalue weighted by Gasteiger charge is -2.18. The fraction of sp³-hybridized carbons (Fsp3) is 0.360. The van der Waals surface area contributed by atoms with Gasteiger partial charge in [-0.1, -0.05) is 48.5 Å². The molecule has 0 heterocycles. The number of carboxylic acid groups (broad SMARTS) is 1. The maximum absolute atomic E-state index is 12.3. The van der Waals surface area contributed by atoms with Crippen LogP contribution < -0.4 is 10.6 Å². The van der Waals surface area contributed by atoms with Crippen LogP contribution in [-0.4, -0.2) is 54.8 Å². The predicted molar refractivity (Wildman–Crippen MR) is 123 cm³/mol. The Balaban J connectivity index is 1.49. The largest absolute Gasteiger partial charge is 0.480 e. The van der Waals surface area contributed by atoms with E-state index in [1.54, 1.807) is 6.92 Å². The van der Waals surface area contributed by atoms with E-state index in [2.05, 4.69) is 15.4 Å². The molecule has 180 valence electrons. The van der Waals surface area contributed by atoms with E-state index >= 15 is 0 Å². The van der Waals surface area contributed by atoms with Crippen molar-refractivity contribution in [3.63, 3.8) is 0 Å². The first-order chi connectivity index (χ1) is 16.3. The Bertz CT molecular complexity index is 1020. The van der Waals surface area contributed by atoms with E-state index < -0.39 is 36.0 Å². The van der Waals surface area contributed by atoms with Crippen molar-refractivity contribution in [1.82, 2.24) is 10.6 Å². The number of hydrogen-bond acceptors (Lipinski definition) is 6. The van der Waals surface area contributed by atoms with Gasteiger partial charge in [0.15, 0.2) is 0 Å². The number of carbonyl (C=O) groups is 4. The highest BCUT2D eigenvalue weighted by Crippen LogP contribution is 2.44. The van der Waals surface area contributed by atoms with Crippen molar-refractivity contribution in [1.29, 1.82) is 0 Å². The molecule has 9 nitrogen and oxygen atoms in total. The van der Waals surface area contributed by atoms with Gasteiger partial charge in [-0.15, -0.1) is 0 Å². The van der Waals surface area contributed by atoms with Crippen LogP contribution in [0.15, 0.2) is 48.5 Å². The Labute approximate surface area is 197 Å². The van der Waals surface area contributed by atoms with Gasteiger partial charge in [-0.2, -0.15) is 0 Å². The lowest BCUT2D eigenvalue weighted by Crippen LogP contribution is -2.44. The van der Waals surface area contributed by atoms with E-state index in [1.165, 1.54) is 7.11 Å². The number of nitrogens with one attached hydrogen (secondary N) is 2. The highest BCUT2D eigenvalue weighted by atomic mass is 16.5. The highest BCUT2D eigenvalue weighted by Gasteiger charge is 2.29. The average Bonchev–Trinajstić information content (AvgIpc) is 3.13. The first-order valence-electron chi connectivity index (χ1n) is 11.0. The number of alkyl carbamates (subject to hydrolysis) is 1. The van der Waals surface area contributed by atoms with Gasteiger partial charge < -0.3 is 25.2 Å². The minimum atomic E-state index is -1.26. The van der Waals surface area contributed by atoms with Crippen LogP contribution in [0.1, 0.15) is 43.2 Å². The van der Waals surface area contributed by atoms with Crippen LogP contribution in [0.3, 0.4) is 0 Å². The minimum Gasteiger partial charge on any atom is -0.480 e. The summed E-state index contributed by atoms with van der Waals surface area (Å²) >= 11 is 0. The summed E-state index contributed by atoms with van der Waals surface area (Å²) in [7, 11) is 1.20. The van der Waals surface area contributed by atoms with Gasteiger partial charge in [0.05, 0.1) is 7.11 Å². The molecule has 9 heteroatoms. The van der Waals surface area contributed by atoms with Gasteiger partial charge in [0.2, 0.25) is 5.91 Å². The van der Waals surface area contributed by atoms with Gasteiger partial charge in [-0.3, -0.25) is 9.59 Å². The lowest BCUT2D eigenvalue weighted by molar-refractivity contribution is -0.144. The predicted octanol–water partition coefficient (Wildman–Crippen LogP) is 2.83. The number of carboxylic acids is 1. The second-order valence-electron chi connectivity index (χ2n) is 8.15. The summed E-state index contributed by atoms with van der Waals surface area (Å²) in [5.74, 6) is -2.47. The van der Waals surface area contributed by atoms with Crippen LogP contribution >= 0.6 is 0 Å². The maximum Gasteiger partial charge on any atom is 0.407 e. The topological polar surface area (TPSA) is 131 Å². The second-order valence-corrected chi connectivity index (χ2v) is 8.15. The first kappa shape index (κ1) is 24.8. The van der Waals surface area contributed by atoms with Gasteiger partial charge in [-0.25, -0.2) is 9.59 Å². The van der Waals surface area contributed by atoms with E-state index in [-0.39, 0.29) is 31.8 Å². The van der Waals surface area contributed by atoms with Crippen molar-refractivity contribution in [2.24, 2.45) is 0 Å². The monoisotopic (exact) mass is 468 g/mol. The molecule has 0 fully saturated rings. The third kappa shape index (κ3) is 6.12. The molecule has 2 aromatic carbocycles. The van der Waals surface area contributed by atoms with Gasteiger partial charge in [0.25, 0.3) is 0 Å². The fourth-order valence-electron chi connectivity index (χ4n) is 4.05. The summed E-state index contributed by atoms with van der Waals surface area (Å²) < 4.78 is 9.95. The Morgan fingerprint density at radius 2 is 1.56 bits per heavy atom. The Hall–Kier alpha value is -3.88. The van der Waals surface area contributed by atoms with Crippen molar-refractivity contribution in [3.05, 3.63) is 59.7 Å². The van der Waals surface area contributed by atoms with E-state index in [0.29, 0.717) is 0 Å². The number of rotatable bonds is 10. The molecule has 2 amide bonds. The van der Waals surface area contributed by atoms with Gasteiger partial charge >= 0.3 is 18.0 Å². The summed E-state index contributed by atoms with van der Waals surface area (Å²) in [4.78, 5) is 47.1. The average molecular weight is 469 g/mol. The highest BCUT2D eigenvalue weighted by molar-refractivity contribution is 5.84. The van der Waals surface area contributed by atoms with E-state index in [9.17, 15) is 24.3 Å². The molecule has 0 saturated heterocycles. The van der Waals surface area contributed by atoms with Crippen molar-refractivity contribution in [2.45, 2.75) is 44.2 Å². The molecular weight excluding hydrogens is 440 g/mol. The summed E-state index contributed by atoms with van der Waals surface area (Å²) in [6.07, 6.45) is -1.04. The van der Waals surface area contributed by atoms with E-state index in [0.717, 1.165) is 22.3 Å². The molecule has 2 aromatic rings. The number of benzene rings is 2. The molecule has 0 saturated carbocycles. The summed E-state index contributed by atoms with van der Waals surface area (Å²) in [6, 6.07) is 14.2. The number of carbonyl (C=O) groups excluding carboxylic acids is 3. The lowest BCUT2D eigenvalue weighted by atomic mass is 9.98. The third-order valence-corrected chi connectivity index (χ3v) is 5.70. The SMILES string of the molecule is COC(=O)CCC(NC(=O)CC(C)NC(=O)OCC1c2ccccc2-c2ccccc21)C(=O)O. The number of ether oxygens (including phenoxy) is 2. The maximum atomic E-state index is 12.3. The number of aliphatic carboxylic acids is 1. The number of hydrogen-bond donors (Lipinski definition) is 3. The van der Waals surface area contributed by atoms with Crippen molar-refractivity contribution < 1.29 is 33.8 Å². The Morgan fingerprint density at radius 1 is 0.971 bits per heavy atom. The molecule has 1 aliphatic carbocycles. The first-order valence-corrected chi connectivity index (χ1v) is 11.0. The molecule has 3 N–H and O–H groups in total. The van der Waals surface area contributed by atoms with Crippen LogP contribution in [0.2, 0.25) is 0 Å². The quantitative estimate of drug-likeness (QED) is 0.457.